The zero-order valence-corrected chi connectivity index (χ0v) is 8.93. The molecule has 1 heteroatoms. The zero-order valence-electron chi connectivity index (χ0n) is 8.93. The SMILES string of the molecule is CC1CCC(C(C)C)C(C)(N)C1. The van der Waals surface area contributed by atoms with Crippen LogP contribution in [0.3, 0.4) is 0 Å². The molecule has 0 aromatic rings. The highest BCUT2D eigenvalue weighted by atomic mass is 14.8. The second kappa shape index (κ2) is 3.37. The summed E-state index contributed by atoms with van der Waals surface area (Å²) >= 11 is 0. The standard InChI is InChI=1S/C11H23N/c1-8(2)10-6-5-9(3)7-11(10,4)12/h8-10H,5-7,12H2,1-4H3. The lowest BCUT2D eigenvalue weighted by molar-refractivity contribution is 0.124. The predicted molar refractivity (Wildman–Crippen MR) is 53.9 cm³/mol. The fourth-order valence-corrected chi connectivity index (χ4v) is 2.89. The highest BCUT2D eigenvalue weighted by Gasteiger charge is 2.37. The molecule has 72 valence electrons. The maximum atomic E-state index is 6.31. The first-order valence-electron chi connectivity index (χ1n) is 5.22. The van der Waals surface area contributed by atoms with Crippen LogP contribution in [0, 0.1) is 17.8 Å². The Morgan fingerprint density at radius 3 is 2.33 bits per heavy atom. The first kappa shape index (κ1) is 10.0. The van der Waals surface area contributed by atoms with E-state index in [2.05, 4.69) is 27.7 Å². The van der Waals surface area contributed by atoms with Crippen LogP contribution in [0.25, 0.3) is 0 Å². The van der Waals surface area contributed by atoms with Gasteiger partial charge in [-0.3, -0.25) is 0 Å². The van der Waals surface area contributed by atoms with Crippen LogP contribution in [0.5, 0.6) is 0 Å². The first-order chi connectivity index (χ1) is 5.43. The average molecular weight is 169 g/mol. The molecule has 12 heavy (non-hydrogen) atoms. The minimum absolute atomic E-state index is 0.0891. The molecule has 2 N–H and O–H groups in total. The third kappa shape index (κ3) is 2.01. The van der Waals surface area contributed by atoms with Crippen LogP contribution in [0.4, 0.5) is 0 Å². The van der Waals surface area contributed by atoms with Crippen LogP contribution in [-0.4, -0.2) is 5.54 Å². The van der Waals surface area contributed by atoms with Gasteiger partial charge < -0.3 is 5.73 Å². The van der Waals surface area contributed by atoms with Gasteiger partial charge in [0.2, 0.25) is 0 Å². The Kier molecular flexibility index (Phi) is 2.82. The van der Waals surface area contributed by atoms with Crippen LogP contribution < -0.4 is 5.73 Å². The van der Waals surface area contributed by atoms with Crippen LogP contribution in [-0.2, 0) is 0 Å². The van der Waals surface area contributed by atoms with Gasteiger partial charge in [0.1, 0.15) is 0 Å². The van der Waals surface area contributed by atoms with E-state index in [0.29, 0.717) is 0 Å². The van der Waals surface area contributed by atoms with Gasteiger partial charge in [-0.2, -0.15) is 0 Å². The Hall–Kier alpha value is -0.0400. The Labute approximate surface area is 76.7 Å². The van der Waals surface area contributed by atoms with E-state index >= 15 is 0 Å². The van der Waals surface area contributed by atoms with E-state index in [1.54, 1.807) is 0 Å². The molecule has 1 aliphatic carbocycles. The van der Waals surface area contributed by atoms with Crippen molar-refractivity contribution in [3.63, 3.8) is 0 Å². The highest BCUT2D eigenvalue weighted by Crippen LogP contribution is 2.38. The summed E-state index contributed by atoms with van der Waals surface area (Å²) in [5.41, 5.74) is 6.40. The summed E-state index contributed by atoms with van der Waals surface area (Å²) in [5, 5.41) is 0. The van der Waals surface area contributed by atoms with E-state index in [-0.39, 0.29) is 5.54 Å². The molecule has 1 aliphatic rings. The molecule has 0 aromatic heterocycles. The number of hydrogen-bond donors (Lipinski definition) is 1. The normalized spacial score (nSPS) is 43.5. The summed E-state index contributed by atoms with van der Waals surface area (Å²) in [6.07, 6.45) is 3.90. The van der Waals surface area contributed by atoms with E-state index in [1.165, 1.54) is 19.3 Å². The highest BCUT2D eigenvalue weighted by molar-refractivity contribution is 4.93. The molecule has 3 unspecified atom stereocenters. The smallest absolute Gasteiger partial charge is 0.0159 e. The molecule has 0 bridgehead atoms. The molecule has 0 amide bonds. The molecule has 3 atom stereocenters. The third-order valence-corrected chi connectivity index (χ3v) is 3.41. The number of hydrogen-bond acceptors (Lipinski definition) is 1. The van der Waals surface area contributed by atoms with E-state index in [0.717, 1.165) is 17.8 Å². The predicted octanol–water partition coefficient (Wildman–Crippen LogP) is 2.80. The van der Waals surface area contributed by atoms with Crippen molar-refractivity contribution in [1.29, 1.82) is 0 Å². The summed E-state index contributed by atoms with van der Waals surface area (Å²) in [7, 11) is 0. The molecule has 0 radical (unpaired) electrons. The molecular formula is C11H23N. The lowest BCUT2D eigenvalue weighted by Crippen LogP contribution is -2.50. The van der Waals surface area contributed by atoms with E-state index in [1.807, 2.05) is 0 Å². The second-order valence-corrected chi connectivity index (χ2v) is 5.24. The van der Waals surface area contributed by atoms with Gasteiger partial charge in [-0.05, 0) is 37.5 Å². The Morgan fingerprint density at radius 2 is 1.92 bits per heavy atom. The molecule has 0 aliphatic heterocycles. The van der Waals surface area contributed by atoms with Gasteiger partial charge in [0.25, 0.3) is 0 Å². The summed E-state index contributed by atoms with van der Waals surface area (Å²) in [5.74, 6) is 2.30. The molecule has 0 aromatic carbocycles. The maximum absolute atomic E-state index is 6.31. The van der Waals surface area contributed by atoms with Crippen molar-refractivity contribution in [3.05, 3.63) is 0 Å². The zero-order chi connectivity index (χ0) is 9.35. The molecule has 1 nitrogen and oxygen atoms in total. The molecular weight excluding hydrogens is 146 g/mol. The van der Waals surface area contributed by atoms with Crippen LogP contribution in [0.2, 0.25) is 0 Å². The Bertz CT molecular complexity index is 149. The van der Waals surface area contributed by atoms with Gasteiger partial charge in [0, 0.05) is 5.54 Å². The van der Waals surface area contributed by atoms with Gasteiger partial charge in [0.15, 0.2) is 0 Å². The quantitative estimate of drug-likeness (QED) is 0.642. The van der Waals surface area contributed by atoms with Crippen LogP contribution >= 0.6 is 0 Å². The molecule has 1 fully saturated rings. The molecule has 1 rings (SSSR count). The van der Waals surface area contributed by atoms with Crippen molar-refractivity contribution >= 4 is 0 Å². The summed E-state index contributed by atoms with van der Waals surface area (Å²) in [4.78, 5) is 0. The molecule has 0 heterocycles. The largest absolute Gasteiger partial charge is 0.325 e. The lowest BCUT2D eigenvalue weighted by Gasteiger charge is -2.43. The van der Waals surface area contributed by atoms with Crippen molar-refractivity contribution in [2.45, 2.75) is 52.5 Å². The minimum Gasteiger partial charge on any atom is -0.325 e. The Morgan fingerprint density at radius 1 is 1.33 bits per heavy atom. The van der Waals surface area contributed by atoms with E-state index in [9.17, 15) is 0 Å². The minimum atomic E-state index is 0.0891. The van der Waals surface area contributed by atoms with Crippen LogP contribution in [0.15, 0.2) is 0 Å². The topological polar surface area (TPSA) is 26.0 Å². The fraction of sp³-hybridized carbons (Fsp3) is 1.00. The average Bonchev–Trinajstić information content (AvgIpc) is 1.82. The number of nitrogens with two attached hydrogens (primary N) is 1. The first-order valence-corrected chi connectivity index (χ1v) is 5.22. The molecule has 1 saturated carbocycles. The van der Waals surface area contributed by atoms with Crippen molar-refractivity contribution in [2.75, 3.05) is 0 Å². The Balaban J connectivity index is 2.64. The summed E-state index contributed by atoms with van der Waals surface area (Å²) < 4.78 is 0. The van der Waals surface area contributed by atoms with Crippen molar-refractivity contribution < 1.29 is 0 Å². The number of rotatable bonds is 1. The van der Waals surface area contributed by atoms with E-state index < -0.39 is 0 Å². The van der Waals surface area contributed by atoms with E-state index in [4.69, 9.17) is 5.73 Å². The second-order valence-electron chi connectivity index (χ2n) is 5.24. The van der Waals surface area contributed by atoms with Gasteiger partial charge in [-0.15, -0.1) is 0 Å². The van der Waals surface area contributed by atoms with Crippen LogP contribution in [0.1, 0.15) is 47.0 Å². The third-order valence-electron chi connectivity index (χ3n) is 3.41. The maximum Gasteiger partial charge on any atom is 0.0159 e. The van der Waals surface area contributed by atoms with Gasteiger partial charge in [-0.25, -0.2) is 0 Å². The van der Waals surface area contributed by atoms with Crippen molar-refractivity contribution in [2.24, 2.45) is 23.5 Å². The van der Waals surface area contributed by atoms with Gasteiger partial charge >= 0.3 is 0 Å². The molecule has 0 spiro atoms. The van der Waals surface area contributed by atoms with Crippen molar-refractivity contribution in [1.82, 2.24) is 0 Å². The summed E-state index contributed by atoms with van der Waals surface area (Å²) in [6, 6.07) is 0. The van der Waals surface area contributed by atoms with Gasteiger partial charge in [0.05, 0.1) is 0 Å². The molecule has 0 saturated heterocycles. The monoisotopic (exact) mass is 169 g/mol. The summed E-state index contributed by atoms with van der Waals surface area (Å²) in [6.45, 7) is 9.15. The fourth-order valence-electron chi connectivity index (χ4n) is 2.89. The van der Waals surface area contributed by atoms with Gasteiger partial charge in [-0.1, -0.05) is 27.2 Å². The van der Waals surface area contributed by atoms with Crippen molar-refractivity contribution in [3.8, 4) is 0 Å². The lowest BCUT2D eigenvalue weighted by atomic mass is 9.66.